The van der Waals surface area contributed by atoms with Crippen molar-refractivity contribution < 1.29 is 4.79 Å². The Balaban J connectivity index is 1.74. The molecule has 2 N–H and O–H groups in total. The van der Waals surface area contributed by atoms with Crippen LogP contribution in [0.4, 0.5) is 5.69 Å². The molecule has 22 heavy (non-hydrogen) atoms. The molecule has 0 spiro atoms. The highest BCUT2D eigenvalue weighted by molar-refractivity contribution is 6.36. The van der Waals surface area contributed by atoms with Crippen LogP contribution in [0.3, 0.4) is 0 Å². The molecule has 0 saturated heterocycles. The zero-order valence-corrected chi connectivity index (χ0v) is 13.8. The molecule has 0 aromatic heterocycles. The number of carbonyl (C=O) groups is 1. The van der Waals surface area contributed by atoms with Crippen molar-refractivity contribution in [3.05, 3.63) is 63.6 Å². The summed E-state index contributed by atoms with van der Waals surface area (Å²) in [4.78, 5) is 11.8. The van der Waals surface area contributed by atoms with E-state index in [-0.39, 0.29) is 5.91 Å². The maximum Gasteiger partial charge on any atom is 0.222 e. The Morgan fingerprint density at radius 3 is 2.68 bits per heavy atom. The number of hydrogen-bond donors (Lipinski definition) is 2. The molecule has 2 rings (SSSR count). The SMILES string of the molecule is Cc1cccc(CNC(=O)CCNc2ccc(Cl)cc2Cl)c1. The molecule has 0 radical (unpaired) electrons. The summed E-state index contributed by atoms with van der Waals surface area (Å²) in [5.41, 5.74) is 3.06. The maximum absolute atomic E-state index is 11.8. The molecule has 0 aliphatic rings. The molecular weight excluding hydrogens is 319 g/mol. The third-order valence-corrected chi connectivity index (χ3v) is 3.72. The molecule has 116 valence electrons. The fraction of sp³-hybridized carbons (Fsp3) is 0.235. The highest BCUT2D eigenvalue weighted by atomic mass is 35.5. The Morgan fingerprint density at radius 2 is 1.95 bits per heavy atom. The molecule has 0 fully saturated rings. The standard InChI is InChI=1S/C17H18Cl2N2O/c1-12-3-2-4-13(9-12)11-21-17(22)7-8-20-16-6-5-14(18)10-15(16)19/h2-6,9-10,20H,7-8,11H2,1H3,(H,21,22). The van der Waals surface area contributed by atoms with Gasteiger partial charge in [-0.15, -0.1) is 0 Å². The largest absolute Gasteiger partial charge is 0.383 e. The molecule has 3 nitrogen and oxygen atoms in total. The average molecular weight is 337 g/mol. The smallest absolute Gasteiger partial charge is 0.222 e. The molecule has 0 aliphatic heterocycles. The fourth-order valence-electron chi connectivity index (χ4n) is 2.05. The number of benzene rings is 2. The van der Waals surface area contributed by atoms with E-state index in [0.29, 0.717) is 29.6 Å². The summed E-state index contributed by atoms with van der Waals surface area (Å²) in [6.45, 7) is 3.09. The van der Waals surface area contributed by atoms with Crippen molar-refractivity contribution in [3.8, 4) is 0 Å². The van der Waals surface area contributed by atoms with E-state index in [0.717, 1.165) is 11.3 Å². The minimum atomic E-state index is -0.000841. The first kappa shape index (κ1) is 16.7. The van der Waals surface area contributed by atoms with Gasteiger partial charge in [0, 0.05) is 24.5 Å². The quantitative estimate of drug-likeness (QED) is 0.819. The predicted octanol–water partition coefficient (Wildman–Crippen LogP) is 4.42. The Labute approximate surface area is 140 Å². The molecule has 0 saturated carbocycles. The maximum atomic E-state index is 11.8. The van der Waals surface area contributed by atoms with Gasteiger partial charge in [-0.2, -0.15) is 0 Å². The summed E-state index contributed by atoms with van der Waals surface area (Å²) in [6.07, 6.45) is 0.380. The molecule has 0 aliphatic carbocycles. The monoisotopic (exact) mass is 336 g/mol. The lowest BCUT2D eigenvalue weighted by atomic mass is 10.1. The number of hydrogen-bond acceptors (Lipinski definition) is 2. The number of nitrogens with one attached hydrogen (secondary N) is 2. The first-order chi connectivity index (χ1) is 10.5. The molecular formula is C17H18Cl2N2O. The van der Waals surface area contributed by atoms with Crippen LogP contribution in [0.1, 0.15) is 17.5 Å². The highest BCUT2D eigenvalue weighted by Crippen LogP contribution is 2.25. The number of rotatable bonds is 6. The molecule has 2 aromatic rings. The van der Waals surface area contributed by atoms with Crippen LogP contribution in [0.25, 0.3) is 0 Å². The van der Waals surface area contributed by atoms with Crippen molar-refractivity contribution in [2.75, 3.05) is 11.9 Å². The van der Waals surface area contributed by atoms with Crippen LogP contribution in [0.5, 0.6) is 0 Å². The lowest BCUT2D eigenvalue weighted by molar-refractivity contribution is -0.121. The predicted molar refractivity (Wildman–Crippen MR) is 92.6 cm³/mol. The van der Waals surface area contributed by atoms with Crippen molar-refractivity contribution in [2.45, 2.75) is 19.9 Å². The fourth-order valence-corrected chi connectivity index (χ4v) is 2.53. The molecule has 0 heterocycles. The summed E-state index contributed by atoms with van der Waals surface area (Å²) in [5.74, 6) is -0.000841. The van der Waals surface area contributed by atoms with Crippen LogP contribution in [0, 0.1) is 6.92 Å². The lowest BCUT2D eigenvalue weighted by Crippen LogP contribution is -2.24. The number of halogens is 2. The Morgan fingerprint density at radius 1 is 1.14 bits per heavy atom. The third-order valence-electron chi connectivity index (χ3n) is 3.17. The topological polar surface area (TPSA) is 41.1 Å². The number of carbonyl (C=O) groups excluding carboxylic acids is 1. The van der Waals surface area contributed by atoms with Crippen molar-refractivity contribution in [1.29, 1.82) is 0 Å². The van der Waals surface area contributed by atoms with Gasteiger partial charge in [-0.3, -0.25) is 4.79 Å². The first-order valence-electron chi connectivity index (χ1n) is 7.06. The Bertz CT molecular complexity index is 659. The zero-order valence-electron chi connectivity index (χ0n) is 12.3. The molecule has 2 aromatic carbocycles. The highest BCUT2D eigenvalue weighted by Gasteiger charge is 2.04. The van der Waals surface area contributed by atoms with E-state index in [1.54, 1.807) is 18.2 Å². The molecule has 0 unspecified atom stereocenters. The van der Waals surface area contributed by atoms with Crippen LogP contribution in [-0.2, 0) is 11.3 Å². The molecule has 0 atom stereocenters. The van der Waals surface area contributed by atoms with Gasteiger partial charge in [0.1, 0.15) is 0 Å². The van der Waals surface area contributed by atoms with Gasteiger partial charge in [0.05, 0.1) is 10.7 Å². The van der Waals surface area contributed by atoms with Crippen LogP contribution >= 0.6 is 23.2 Å². The third kappa shape index (κ3) is 5.24. The second-order valence-electron chi connectivity index (χ2n) is 5.07. The summed E-state index contributed by atoms with van der Waals surface area (Å²) in [5, 5.41) is 7.17. The van der Waals surface area contributed by atoms with Crippen LogP contribution in [0.15, 0.2) is 42.5 Å². The van der Waals surface area contributed by atoms with Crippen molar-refractivity contribution >= 4 is 34.8 Å². The van der Waals surface area contributed by atoms with Crippen LogP contribution in [0.2, 0.25) is 10.0 Å². The van der Waals surface area contributed by atoms with E-state index in [9.17, 15) is 4.79 Å². The number of aryl methyl sites for hydroxylation is 1. The van der Waals surface area contributed by atoms with Crippen LogP contribution < -0.4 is 10.6 Å². The van der Waals surface area contributed by atoms with Gasteiger partial charge in [0.15, 0.2) is 0 Å². The van der Waals surface area contributed by atoms with Crippen LogP contribution in [-0.4, -0.2) is 12.5 Å². The molecule has 5 heteroatoms. The average Bonchev–Trinajstić information content (AvgIpc) is 2.47. The van der Waals surface area contributed by atoms with Gasteiger partial charge in [-0.05, 0) is 30.7 Å². The van der Waals surface area contributed by atoms with Gasteiger partial charge in [-0.1, -0.05) is 53.0 Å². The molecule has 0 bridgehead atoms. The van der Waals surface area contributed by atoms with E-state index in [2.05, 4.69) is 16.7 Å². The minimum Gasteiger partial charge on any atom is -0.383 e. The van der Waals surface area contributed by atoms with Crippen molar-refractivity contribution in [1.82, 2.24) is 5.32 Å². The lowest BCUT2D eigenvalue weighted by Gasteiger charge is -2.09. The second kappa shape index (κ2) is 8.06. The first-order valence-corrected chi connectivity index (χ1v) is 7.81. The summed E-state index contributed by atoms with van der Waals surface area (Å²) < 4.78 is 0. The van der Waals surface area contributed by atoms with Gasteiger partial charge >= 0.3 is 0 Å². The van der Waals surface area contributed by atoms with Gasteiger partial charge in [0.25, 0.3) is 0 Å². The number of anilines is 1. The summed E-state index contributed by atoms with van der Waals surface area (Å²) >= 11 is 11.9. The van der Waals surface area contributed by atoms with E-state index in [4.69, 9.17) is 23.2 Å². The van der Waals surface area contributed by atoms with Crippen molar-refractivity contribution in [3.63, 3.8) is 0 Å². The van der Waals surface area contributed by atoms with Gasteiger partial charge in [0.2, 0.25) is 5.91 Å². The second-order valence-corrected chi connectivity index (χ2v) is 5.91. The van der Waals surface area contributed by atoms with E-state index in [1.807, 2.05) is 25.1 Å². The minimum absolute atomic E-state index is 0.000841. The normalized spacial score (nSPS) is 10.3. The summed E-state index contributed by atoms with van der Waals surface area (Å²) in [6, 6.07) is 13.3. The Kier molecular flexibility index (Phi) is 6.10. The van der Waals surface area contributed by atoms with Gasteiger partial charge in [-0.25, -0.2) is 0 Å². The molecule has 1 amide bonds. The van der Waals surface area contributed by atoms with E-state index in [1.165, 1.54) is 5.56 Å². The zero-order chi connectivity index (χ0) is 15.9. The van der Waals surface area contributed by atoms with E-state index < -0.39 is 0 Å². The van der Waals surface area contributed by atoms with Gasteiger partial charge < -0.3 is 10.6 Å². The van der Waals surface area contributed by atoms with E-state index >= 15 is 0 Å². The number of amides is 1. The summed E-state index contributed by atoms with van der Waals surface area (Å²) in [7, 11) is 0. The Hall–Kier alpha value is -1.71. The van der Waals surface area contributed by atoms with Crippen molar-refractivity contribution in [2.24, 2.45) is 0 Å².